The van der Waals surface area contributed by atoms with E-state index in [1.807, 2.05) is 0 Å². The molecule has 1 N–H and O–H groups in total. The van der Waals surface area contributed by atoms with Gasteiger partial charge in [-0.05, 0) is 43.4 Å². The van der Waals surface area contributed by atoms with E-state index in [4.69, 9.17) is 0 Å². The molecule has 0 radical (unpaired) electrons. The summed E-state index contributed by atoms with van der Waals surface area (Å²) in [5.74, 6) is -0.264. The molecule has 3 heteroatoms. The van der Waals surface area contributed by atoms with Crippen molar-refractivity contribution in [1.29, 1.82) is 0 Å². The summed E-state index contributed by atoms with van der Waals surface area (Å²) in [7, 11) is 0. The minimum Gasteiger partial charge on any atom is -0.310 e. The Morgan fingerprint density at radius 2 is 1.87 bits per heavy atom. The zero-order chi connectivity index (χ0) is 10.8. The van der Waals surface area contributed by atoms with Crippen LogP contribution in [0.15, 0.2) is 18.2 Å². The van der Waals surface area contributed by atoms with E-state index in [0.717, 1.165) is 12.0 Å². The molecule has 1 nitrogen and oxygen atoms in total. The summed E-state index contributed by atoms with van der Waals surface area (Å²) < 4.78 is 25.7. The van der Waals surface area contributed by atoms with E-state index in [-0.39, 0.29) is 0 Å². The Balaban J connectivity index is 1.91. The van der Waals surface area contributed by atoms with Gasteiger partial charge in [0, 0.05) is 18.7 Å². The van der Waals surface area contributed by atoms with Crippen LogP contribution in [-0.2, 0) is 6.54 Å². The van der Waals surface area contributed by atoms with E-state index < -0.39 is 11.6 Å². The van der Waals surface area contributed by atoms with Crippen LogP contribution < -0.4 is 5.32 Å². The quantitative estimate of drug-likeness (QED) is 0.807. The van der Waals surface area contributed by atoms with Gasteiger partial charge in [0.1, 0.15) is 11.6 Å². The van der Waals surface area contributed by atoms with Gasteiger partial charge in [0.15, 0.2) is 0 Å². The maximum absolute atomic E-state index is 12.9. The van der Waals surface area contributed by atoms with Crippen molar-refractivity contribution in [2.24, 2.45) is 5.92 Å². The highest BCUT2D eigenvalue weighted by Crippen LogP contribution is 2.32. The van der Waals surface area contributed by atoms with Crippen LogP contribution in [-0.4, -0.2) is 6.04 Å². The summed E-state index contributed by atoms with van der Waals surface area (Å²) in [6.45, 7) is 2.65. The minimum absolute atomic E-state index is 0.441. The van der Waals surface area contributed by atoms with Crippen LogP contribution in [0.3, 0.4) is 0 Å². The lowest BCUT2D eigenvalue weighted by molar-refractivity contribution is 0.492. The van der Waals surface area contributed by atoms with Crippen molar-refractivity contribution >= 4 is 0 Å². The Morgan fingerprint density at radius 1 is 1.27 bits per heavy atom. The number of hydrogen-bond donors (Lipinski definition) is 1. The average Bonchev–Trinajstić information content (AvgIpc) is 2.95. The Kier molecular flexibility index (Phi) is 3.00. The second kappa shape index (κ2) is 4.27. The van der Waals surface area contributed by atoms with Crippen LogP contribution in [0.25, 0.3) is 0 Å². The van der Waals surface area contributed by atoms with Crippen LogP contribution in [0.5, 0.6) is 0 Å². The van der Waals surface area contributed by atoms with E-state index in [9.17, 15) is 8.78 Å². The van der Waals surface area contributed by atoms with Crippen molar-refractivity contribution in [3.8, 4) is 0 Å². The molecule has 2 rings (SSSR count). The Labute approximate surface area is 88.5 Å². The third kappa shape index (κ3) is 2.99. The molecule has 15 heavy (non-hydrogen) atoms. The van der Waals surface area contributed by atoms with Crippen molar-refractivity contribution in [3.63, 3.8) is 0 Å². The second-order valence-corrected chi connectivity index (χ2v) is 4.28. The molecule has 0 bridgehead atoms. The molecule has 1 unspecified atom stereocenters. The number of benzene rings is 1. The molecule has 1 aliphatic carbocycles. The van der Waals surface area contributed by atoms with Gasteiger partial charge < -0.3 is 5.32 Å². The van der Waals surface area contributed by atoms with Gasteiger partial charge in [-0.1, -0.05) is 0 Å². The maximum atomic E-state index is 12.9. The van der Waals surface area contributed by atoms with E-state index in [0.29, 0.717) is 18.2 Å². The van der Waals surface area contributed by atoms with Gasteiger partial charge in [0.2, 0.25) is 0 Å². The van der Waals surface area contributed by atoms with Gasteiger partial charge in [-0.3, -0.25) is 0 Å². The summed E-state index contributed by atoms with van der Waals surface area (Å²) in [4.78, 5) is 0. The first-order valence-electron chi connectivity index (χ1n) is 5.33. The predicted octanol–water partition coefficient (Wildman–Crippen LogP) is 2.85. The van der Waals surface area contributed by atoms with E-state index in [1.165, 1.54) is 25.0 Å². The molecular weight excluding hydrogens is 196 g/mol. The zero-order valence-electron chi connectivity index (χ0n) is 8.76. The standard InChI is InChI=1S/C12H15F2N/c1-8(10-2-3-10)15-7-9-4-11(13)6-12(14)5-9/h4-6,8,10,15H,2-3,7H2,1H3. The molecule has 0 amide bonds. The first-order chi connectivity index (χ1) is 7.15. The predicted molar refractivity (Wildman–Crippen MR) is 55.4 cm³/mol. The highest BCUT2D eigenvalue weighted by atomic mass is 19.1. The van der Waals surface area contributed by atoms with Crippen LogP contribution in [0.1, 0.15) is 25.3 Å². The van der Waals surface area contributed by atoms with Crippen molar-refractivity contribution in [3.05, 3.63) is 35.4 Å². The zero-order valence-corrected chi connectivity index (χ0v) is 8.76. The smallest absolute Gasteiger partial charge is 0.126 e. The lowest BCUT2D eigenvalue weighted by Crippen LogP contribution is -2.27. The van der Waals surface area contributed by atoms with Gasteiger partial charge in [-0.25, -0.2) is 8.78 Å². The SMILES string of the molecule is CC(NCc1cc(F)cc(F)c1)C1CC1. The van der Waals surface area contributed by atoms with Crippen LogP contribution in [0, 0.1) is 17.6 Å². The van der Waals surface area contributed by atoms with Crippen molar-refractivity contribution in [2.75, 3.05) is 0 Å². The number of hydrogen-bond acceptors (Lipinski definition) is 1. The monoisotopic (exact) mass is 211 g/mol. The molecule has 1 fully saturated rings. The summed E-state index contributed by atoms with van der Waals surface area (Å²) in [5.41, 5.74) is 0.667. The minimum atomic E-state index is -0.508. The first kappa shape index (κ1) is 10.6. The topological polar surface area (TPSA) is 12.0 Å². The first-order valence-corrected chi connectivity index (χ1v) is 5.33. The Bertz CT molecular complexity index is 327. The molecule has 1 aromatic carbocycles. The lowest BCUT2D eigenvalue weighted by atomic mass is 10.1. The van der Waals surface area contributed by atoms with Gasteiger partial charge in [-0.15, -0.1) is 0 Å². The third-order valence-corrected chi connectivity index (χ3v) is 2.88. The number of rotatable bonds is 4. The molecule has 1 saturated carbocycles. The molecule has 0 spiro atoms. The summed E-state index contributed by atoms with van der Waals surface area (Å²) >= 11 is 0. The fourth-order valence-corrected chi connectivity index (χ4v) is 1.75. The summed E-state index contributed by atoms with van der Waals surface area (Å²) in [6, 6.07) is 4.08. The maximum Gasteiger partial charge on any atom is 0.126 e. The van der Waals surface area contributed by atoms with Gasteiger partial charge in [0.25, 0.3) is 0 Å². The fraction of sp³-hybridized carbons (Fsp3) is 0.500. The summed E-state index contributed by atoms with van der Waals surface area (Å²) in [6.07, 6.45) is 2.54. The molecule has 0 aromatic heterocycles. The Hall–Kier alpha value is -0.960. The molecule has 0 heterocycles. The molecule has 0 aliphatic heterocycles. The van der Waals surface area contributed by atoms with Crippen LogP contribution in [0.2, 0.25) is 0 Å². The van der Waals surface area contributed by atoms with Crippen molar-refractivity contribution in [1.82, 2.24) is 5.32 Å². The van der Waals surface area contributed by atoms with Gasteiger partial charge in [0.05, 0.1) is 0 Å². The second-order valence-electron chi connectivity index (χ2n) is 4.28. The van der Waals surface area contributed by atoms with Crippen molar-refractivity contribution in [2.45, 2.75) is 32.4 Å². The van der Waals surface area contributed by atoms with Crippen LogP contribution in [0.4, 0.5) is 8.78 Å². The average molecular weight is 211 g/mol. The van der Waals surface area contributed by atoms with Gasteiger partial charge >= 0.3 is 0 Å². The number of halogens is 2. The van der Waals surface area contributed by atoms with E-state index >= 15 is 0 Å². The molecular formula is C12H15F2N. The summed E-state index contributed by atoms with van der Waals surface area (Å²) in [5, 5.41) is 3.28. The largest absolute Gasteiger partial charge is 0.310 e. The van der Waals surface area contributed by atoms with E-state index in [1.54, 1.807) is 0 Å². The van der Waals surface area contributed by atoms with Crippen molar-refractivity contribution < 1.29 is 8.78 Å². The highest BCUT2D eigenvalue weighted by Gasteiger charge is 2.27. The highest BCUT2D eigenvalue weighted by molar-refractivity contribution is 5.17. The molecule has 1 atom stereocenters. The Morgan fingerprint density at radius 3 is 2.40 bits per heavy atom. The number of nitrogens with one attached hydrogen (secondary N) is 1. The molecule has 1 aromatic rings. The molecule has 82 valence electrons. The molecule has 1 aliphatic rings. The third-order valence-electron chi connectivity index (χ3n) is 2.88. The fourth-order valence-electron chi connectivity index (χ4n) is 1.75. The van der Waals surface area contributed by atoms with Gasteiger partial charge in [-0.2, -0.15) is 0 Å². The van der Waals surface area contributed by atoms with Crippen LogP contribution >= 0.6 is 0 Å². The normalized spacial score (nSPS) is 17.8. The lowest BCUT2D eigenvalue weighted by Gasteiger charge is -2.12. The molecule has 0 saturated heterocycles. The van der Waals surface area contributed by atoms with E-state index in [2.05, 4.69) is 12.2 Å².